The standard InChI is InChI=1S/C14H16N2O5/c1-9(17)20-8-11-12(13(18)15-11)16-14(19)21-7-10-5-3-2-4-6-10/h2-6,11-12H,7-8H2,1H3,(H,15,18)(H,16,19). The number of alkyl carbamates (subject to hydrolysis) is 1. The van der Waals surface area contributed by atoms with Gasteiger partial charge in [-0.05, 0) is 5.56 Å². The van der Waals surface area contributed by atoms with E-state index in [1.54, 1.807) is 0 Å². The number of nitrogens with one attached hydrogen (secondary N) is 2. The van der Waals surface area contributed by atoms with Crippen molar-refractivity contribution in [2.45, 2.75) is 25.6 Å². The number of β-lactam (4-membered cyclic amide) rings is 1. The smallest absolute Gasteiger partial charge is 0.408 e. The second-order valence-corrected chi connectivity index (χ2v) is 4.60. The van der Waals surface area contributed by atoms with E-state index in [0.29, 0.717) is 0 Å². The van der Waals surface area contributed by atoms with Crippen molar-refractivity contribution < 1.29 is 23.9 Å². The summed E-state index contributed by atoms with van der Waals surface area (Å²) in [5.41, 5.74) is 0.849. The topological polar surface area (TPSA) is 93.7 Å². The van der Waals surface area contributed by atoms with Crippen LogP contribution >= 0.6 is 0 Å². The van der Waals surface area contributed by atoms with Gasteiger partial charge in [-0.15, -0.1) is 0 Å². The first kappa shape index (κ1) is 14.8. The fourth-order valence-corrected chi connectivity index (χ4v) is 1.85. The number of carbonyl (C=O) groups is 3. The number of rotatable bonds is 5. The van der Waals surface area contributed by atoms with Crippen molar-refractivity contribution >= 4 is 18.0 Å². The Morgan fingerprint density at radius 1 is 1.24 bits per heavy atom. The van der Waals surface area contributed by atoms with E-state index in [9.17, 15) is 14.4 Å². The van der Waals surface area contributed by atoms with Gasteiger partial charge in [0.05, 0.1) is 6.04 Å². The van der Waals surface area contributed by atoms with Gasteiger partial charge in [-0.1, -0.05) is 30.3 Å². The zero-order valence-electron chi connectivity index (χ0n) is 11.5. The van der Waals surface area contributed by atoms with Crippen LogP contribution in [0.2, 0.25) is 0 Å². The molecule has 1 aliphatic heterocycles. The molecule has 0 aromatic heterocycles. The van der Waals surface area contributed by atoms with Crippen LogP contribution in [-0.4, -0.2) is 36.7 Å². The van der Waals surface area contributed by atoms with Gasteiger partial charge < -0.3 is 20.1 Å². The van der Waals surface area contributed by atoms with Crippen LogP contribution in [0.15, 0.2) is 30.3 Å². The Balaban J connectivity index is 1.76. The Labute approximate surface area is 121 Å². The monoisotopic (exact) mass is 292 g/mol. The number of hydrogen-bond acceptors (Lipinski definition) is 5. The van der Waals surface area contributed by atoms with E-state index in [0.717, 1.165) is 5.56 Å². The van der Waals surface area contributed by atoms with Gasteiger partial charge in [0.25, 0.3) is 0 Å². The third-order valence-electron chi connectivity index (χ3n) is 2.96. The molecule has 2 amide bonds. The number of esters is 1. The maximum atomic E-state index is 11.6. The quantitative estimate of drug-likeness (QED) is 0.603. The highest BCUT2D eigenvalue weighted by atomic mass is 16.5. The fourth-order valence-electron chi connectivity index (χ4n) is 1.85. The van der Waals surface area contributed by atoms with Crippen molar-refractivity contribution in [3.05, 3.63) is 35.9 Å². The van der Waals surface area contributed by atoms with Crippen molar-refractivity contribution in [1.82, 2.24) is 10.6 Å². The van der Waals surface area contributed by atoms with E-state index in [-0.39, 0.29) is 19.1 Å². The summed E-state index contributed by atoms with van der Waals surface area (Å²) in [6.07, 6.45) is -0.688. The van der Waals surface area contributed by atoms with Crippen molar-refractivity contribution in [2.75, 3.05) is 6.61 Å². The molecule has 1 aromatic carbocycles. The van der Waals surface area contributed by atoms with Gasteiger partial charge in [0.15, 0.2) is 0 Å². The number of benzene rings is 1. The summed E-state index contributed by atoms with van der Waals surface area (Å²) >= 11 is 0. The number of amides is 2. The minimum atomic E-state index is -0.743. The van der Waals surface area contributed by atoms with Gasteiger partial charge in [-0.25, -0.2) is 4.79 Å². The average Bonchev–Trinajstić information content (AvgIpc) is 2.47. The third kappa shape index (κ3) is 4.20. The van der Waals surface area contributed by atoms with E-state index in [4.69, 9.17) is 9.47 Å². The molecule has 2 rings (SSSR count). The Bertz CT molecular complexity index is 531. The molecule has 0 spiro atoms. The van der Waals surface area contributed by atoms with Crippen LogP contribution < -0.4 is 10.6 Å². The highest BCUT2D eigenvalue weighted by Gasteiger charge is 2.41. The molecule has 0 bridgehead atoms. The molecule has 1 saturated heterocycles. The van der Waals surface area contributed by atoms with Crippen LogP contribution in [0, 0.1) is 0 Å². The summed E-state index contributed by atoms with van der Waals surface area (Å²) in [4.78, 5) is 33.7. The van der Waals surface area contributed by atoms with E-state index in [1.165, 1.54) is 6.92 Å². The molecule has 7 nitrogen and oxygen atoms in total. The van der Waals surface area contributed by atoms with Crippen LogP contribution in [0.4, 0.5) is 4.79 Å². The summed E-state index contributed by atoms with van der Waals surface area (Å²) in [5.74, 6) is -0.773. The predicted octanol–water partition coefficient (Wildman–Crippen LogP) is 0.343. The Morgan fingerprint density at radius 2 is 1.95 bits per heavy atom. The molecule has 0 saturated carbocycles. The first-order valence-corrected chi connectivity index (χ1v) is 6.47. The normalized spacial score (nSPS) is 20.0. The van der Waals surface area contributed by atoms with Crippen molar-refractivity contribution in [3.8, 4) is 0 Å². The van der Waals surface area contributed by atoms with E-state index < -0.39 is 24.1 Å². The maximum absolute atomic E-state index is 11.6. The Hall–Kier alpha value is -2.57. The predicted molar refractivity (Wildman–Crippen MR) is 72.1 cm³/mol. The second kappa shape index (κ2) is 6.74. The third-order valence-corrected chi connectivity index (χ3v) is 2.96. The highest BCUT2D eigenvalue weighted by molar-refractivity contribution is 5.92. The summed E-state index contributed by atoms with van der Waals surface area (Å²) in [7, 11) is 0. The lowest BCUT2D eigenvalue weighted by molar-refractivity contribution is -0.146. The molecule has 0 radical (unpaired) electrons. The van der Waals surface area contributed by atoms with E-state index in [1.807, 2.05) is 30.3 Å². The van der Waals surface area contributed by atoms with Gasteiger partial charge >= 0.3 is 12.1 Å². The Morgan fingerprint density at radius 3 is 2.57 bits per heavy atom. The van der Waals surface area contributed by atoms with Crippen molar-refractivity contribution in [2.24, 2.45) is 0 Å². The SMILES string of the molecule is CC(=O)OCC1NC(=O)C1NC(=O)OCc1ccccc1. The molecule has 0 aliphatic carbocycles. The average molecular weight is 292 g/mol. The van der Waals surface area contributed by atoms with Crippen molar-refractivity contribution in [3.63, 3.8) is 0 Å². The number of hydrogen-bond donors (Lipinski definition) is 2. The molecular weight excluding hydrogens is 276 g/mol. The van der Waals surface area contributed by atoms with Crippen LogP contribution in [0.25, 0.3) is 0 Å². The number of carbonyl (C=O) groups excluding carboxylic acids is 3. The molecule has 1 aliphatic rings. The van der Waals surface area contributed by atoms with Crippen LogP contribution in [0.5, 0.6) is 0 Å². The van der Waals surface area contributed by atoms with Gasteiger partial charge in [0.2, 0.25) is 5.91 Å². The van der Waals surface area contributed by atoms with Gasteiger partial charge in [0.1, 0.15) is 19.3 Å². The lowest BCUT2D eigenvalue weighted by Crippen LogP contribution is -2.70. The molecule has 1 aromatic rings. The van der Waals surface area contributed by atoms with Crippen LogP contribution in [0.1, 0.15) is 12.5 Å². The summed E-state index contributed by atoms with van der Waals surface area (Å²) in [6, 6.07) is 8.02. The molecule has 2 atom stereocenters. The molecular formula is C14H16N2O5. The molecule has 1 heterocycles. The van der Waals surface area contributed by atoms with E-state index >= 15 is 0 Å². The summed E-state index contributed by atoms with van der Waals surface area (Å²) < 4.78 is 9.81. The number of ether oxygens (including phenoxy) is 2. The lowest BCUT2D eigenvalue weighted by Gasteiger charge is -2.36. The van der Waals surface area contributed by atoms with Gasteiger partial charge in [-0.2, -0.15) is 0 Å². The van der Waals surface area contributed by atoms with Crippen molar-refractivity contribution in [1.29, 1.82) is 0 Å². The summed E-state index contributed by atoms with van der Waals surface area (Å²) in [6.45, 7) is 1.41. The Kier molecular flexibility index (Phi) is 4.76. The van der Waals surface area contributed by atoms with Crippen LogP contribution in [-0.2, 0) is 25.7 Å². The molecule has 112 valence electrons. The summed E-state index contributed by atoms with van der Waals surface area (Å²) in [5, 5.41) is 4.99. The van der Waals surface area contributed by atoms with E-state index in [2.05, 4.69) is 10.6 Å². The minimum absolute atomic E-state index is 0.0186. The largest absolute Gasteiger partial charge is 0.464 e. The molecule has 7 heteroatoms. The fraction of sp³-hybridized carbons (Fsp3) is 0.357. The zero-order valence-corrected chi connectivity index (χ0v) is 11.5. The molecule has 2 N–H and O–H groups in total. The second-order valence-electron chi connectivity index (χ2n) is 4.60. The first-order valence-electron chi connectivity index (χ1n) is 6.47. The zero-order chi connectivity index (χ0) is 15.2. The maximum Gasteiger partial charge on any atom is 0.408 e. The lowest BCUT2D eigenvalue weighted by atomic mass is 10.0. The van der Waals surface area contributed by atoms with Crippen LogP contribution in [0.3, 0.4) is 0 Å². The minimum Gasteiger partial charge on any atom is -0.464 e. The molecule has 1 fully saturated rings. The molecule has 2 unspecified atom stereocenters. The highest BCUT2D eigenvalue weighted by Crippen LogP contribution is 2.08. The van der Waals surface area contributed by atoms with Gasteiger partial charge in [-0.3, -0.25) is 9.59 Å². The first-order chi connectivity index (χ1) is 10.1. The van der Waals surface area contributed by atoms with Gasteiger partial charge in [0, 0.05) is 6.92 Å². The molecule has 21 heavy (non-hydrogen) atoms.